The average molecular weight is 262 g/mol. The van der Waals surface area contributed by atoms with Gasteiger partial charge in [-0.15, -0.1) is 0 Å². The van der Waals surface area contributed by atoms with Gasteiger partial charge in [0.1, 0.15) is 0 Å². The first-order valence-electron chi connectivity index (χ1n) is 7.16. The Morgan fingerprint density at radius 2 is 1.79 bits per heavy atom. The number of nitrogens with two attached hydrogens (primary N) is 1. The molecule has 2 atom stereocenters. The van der Waals surface area contributed by atoms with Crippen molar-refractivity contribution in [2.45, 2.75) is 58.5 Å². The van der Waals surface area contributed by atoms with Crippen LogP contribution in [0.15, 0.2) is 18.2 Å². The molecule has 0 aliphatic carbocycles. The molecule has 2 N–H and O–H groups in total. The van der Waals surface area contributed by atoms with E-state index in [0.29, 0.717) is 6.04 Å². The van der Waals surface area contributed by atoms with Gasteiger partial charge in [0.2, 0.25) is 0 Å². The van der Waals surface area contributed by atoms with Gasteiger partial charge in [-0.2, -0.15) is 0 Å². The van der Waals surface area contributed by atoms with E-state index < -0.39 is 0 Å². The highest BCUT2D eigenvalue weighted by Crippen LogP contribution is 2.31. The van der Waals surface area contributed by atoms with Crippen molar-refractivity contribution in [3.05, 3.63) is 34.9 Å². The van der Waals surface area contributed by atoms with Gasteiger partial charge >= 0.3 is 0 Å². The molecule has 1 aromatic rings. The summed E-state index contributed by atoms with van der Waals surface area (Å²) in [5, 5.41) is 0. The predicted octanol–water partition coefficient (Wildman–Crippen LogP) is 3.63. The van der Waals surface area contributed by atoms with Crippen LogP contribution >= 0.6 is 0 Å². The molecule has 2 heteroatoms. The summed E-state index contributed by atoms with van der Waals surface area (Å²) >= 11 is 0. The molecule has 0 fully saturated rings. The molecule has 0 aliphatic heterocycles. The molecule has 0 radical (unpaired) electrons. The van der Waals surface area contributed by atoms with E-state index in [0.717, 1.165) is 6.42 Å². The number of nitrogens with zero attached hydrogens (tertiary/aromatic N) is 1. The fraction of sp³-hybridized carbons (Fsp3) is 0.647. The molecule has 1 aromatic carbocycles. The van der Waals surface area contributed by atoms with Crippen LogP contribution < -0.4 is 5.73 Å². The molecule has 0 aliphatic rings. The summed E-state index contributed by atoms with van der Waals surface area (Å²) in [6.07, 6.45) is 0.988. The SMILES string of the molecule is Cc1ccc(C(C)(C)C)cc1C(CC(C)N)N(C)C. The lowest BCUT2D eigenvalue weighted by Gasteiger charge is -2.30. The highest BCUT2D eigenvalue weighted by atomic mass is 15.1. The summed E-state index contributed by atoms with van der Waals surface area (Å²) in [4.78, 5) is 2.28. The number of benzene rings is 1. The summed E-state index contributed by atoms with van der Waals surface area (Å²) in [5.74, 6) is 0. The normalized spacial score (nSPS) is 15.6. The number of hydrogen-bond acceptors (Lipinski definition) is 2. The van der Waals surface area contributed by atoms with Gasteiger partial charge in [0, 0.05) is 12.1 Å². The van der Waals surface area contributed by atoms with Crippen LogP contribution in [0, 0.1) is 6.92 Å². The van der Waals surface area contributed by atoms with Crippen LogP contribution in [0.1, 0.15) is 56.8 Å². The number of aryl methyl sites for hydroxylation is 1. The zero-order chi connectivity index (χ0) is 14.8. The first-order chi connectivity index (χ1) is 8.62. The summed E-state index contributed by atoms with van der Waals surface area (Å²) in [5.41, 5.74) is 10.4. The van der Waals surface area contributed by atoms with Crippen LogP contribution in [0.3, 0.4) is 0 Å². The highest BCUT2D eigenvalue weighted by Gasteiger charge is 2.21. The average Bonchev–Trinajstić information content (AvgIpc) is 2.24. The number of rotatable bonds is 4. The van der Waals surface area contributed by atoms with Crippen LogP contribution in [-0.2, 0) is 5.41 Å². The summed E-state index contributed by atoms with van der Waals surface area (Å²) in [7, 11) is 4.27. The fourth-order valence-electron chi connectivity index (χ4n) is 2.43. The van der Waals surface area contributed by atoms with Crippen molar-refractivity contribution in [3.8, 4) is 0 Å². The van der Waals surface area contributed by atoms with Gasteiger partial charge in [0.05, 0.1) is 0 Å². The van der Waals surface area contributed by atoms with E-state index in [-0.39, 0.29) is 11.5 Å². The standard InChI is InChI=1S/C17H30N2/c1-12-8-9-14(17(3,4)5)11-15(12)16(19(6)7)10-13(2)18/h8-9,11,13,16H,10,18H2,1-7H3. The second kappa shape index (κ2) is 6.06. The zero-order valence-electron chi connectivity index (χ0n) is 13.6. The lowest BCUT2D eigenvalue weighted by Crippen LogP contribution is -2.28. The highest BCUT2D eigenvalue weighted by molar-refractivity contribution is 5.36. The third-order valence-corrected chi connectivity index (χ3v) is 3.72. The smallest absolute Gasteiger partial charge is 0.0359 e. The van der Waals surface area contributed by atoms with Crippen LogP contribution in [0.5, 0.6) is 0 Å². The first kappa shape index (κ1) is 16.2. The minimum atomic E-state index is 0.188. The van der Waals surface area contributed by atoms with E-state index >= 15 is 0 Å². The van der Waals surface area contributed by atoms with E-state index in [1.54, 1.807) is 0 Å². The third kappa shape index (κ3) is 4.32. The Labute approximate surface area is 119 Å². The first-order valence-corrected chi connectivity index (χ1v) is 7.16. The molecular weight excluding hydrogens is 232 g/mol. The second-order valence-corrected chi connectivity index (χ2v) is 7.01. The summed E-state index contributed by atoms with van der Waals surface area (Å²) < 4.78 is 0. The number of hydrogen-bond donors (Lipinski definition) is 1. The lowest BCUT2D eigenvalue weighted by molar-refractivity contribution is 0.271. The maximum atomic E-state index is 6.02. The van der Waals surface area contributed by atoms with E-state index in [1.165, 1.54) is 16.7 Å². The quantitative estimate of drug-likeness (QED) is 0.897. The molecule has 0 spiro atoms. The summed E-state index contributed by atoms with van der Waals surface area (Å²) in [6, 6.07) is 7.46. The molecule has 0 aromatic heterocycles. The molecule has 19 heavy (non-hydrogen) atoms. The molecule has 0 amide bonds. The van der Waals surface area contributed by atoms with Crippen molar-refractivity contribution in [2.24, 2.45) is 5.73 Å². The van der Waals surface area contributed by atoms with Crippen LogP contribution in [0.4, 0.5) is 0 Å². The van der Waals surface area contributed by atoms with Crippen molar-refractivity contribution in [1.29, 1.82) is 0 Å². The maximum Gasteiger partial charge on any atom is 0.0359 e. The van der Waals surface area contributed by atoms with E-state index in [9.17, 15) is 0 Å². The van der Waals surface area contributed by atoms with Crippen molar-refractivity contribution in [1.82, 2.24) is 4.90 Å². The van der Waals surface area contributed by atoms with Gasteiger partial charge in [0.25, 0.3) is 0 Å². The molecular formula is C17H30N2. The molecule has 0 saturated heterocycles. The molecule has 2 unspecified atom stereocenters. The van der Waals surface area contributed by atoms with Crippen molar-refractivity contribution < 1.29 is 0 Å². The molecule has 0 saturated carbocycles. The Kier molecular flexibility index (Phi) is 5.17. The molecule has 0 bridgehead atoms. The van der Waals surface area contributed by atoms with E-state index in [4.69, 9.17) is 5.73 Å². The minimum Gasteiger partial charge on any atom is -0.328 e. The van der Waals surface area contributed by atoms with Crippen LogP contribution in [0.25, 0.3) is 0 Å². The monoisotopic (exact) mass is 262 g/mol. The van der Waals surface area contributed by atoms with Gasteiger partial charge in [-0.1, -0.05) is 39.0 Å². The van der Waals surface area contributed by atoms with Crippen molar-refractivity contribution in [3.63, 3.8) is 0 Å². The summed E-state index contributed by atoms with van der Waals surface area (Å²) in [6.45, 7) is 11.1. The van der Waals surface area contributed by atoms with E-state index in [2.05, 4.69) is 71.8 Å². The molecule has 2 nitrogen and oxygen atoms in total. The largest absolute Gasteiger partial charge is 0.328 e. The fourth-order valence-corrected chi connectivity index (χ4v) is 2.43. The van der Waals surface area contributed by atoms with Gasteiger partial charge in [0.15, 0.2) is 0 Å². The lowest BCUT2D eigenvalue weighted by atomic mass is 9.83. The Morgan fingerprint density at radius 3 is 2.21 bits per heavy atom. The van der Waals surface area contributed by atoms with Gasteiger partial charge in [-0.05, 0) is 56.5 Å². The van der Waals surface area contributed by atoms with E-state index in [1.807, 2.05) is 0 Å². The molecule has 0 heterocycles. The minimum absolute atomic E-state index is 0.188. The Balaban J connectivity index is 3.22. The van der Waals surface area contributed by atoms with Crippen molar-refractivity contribution in [2.75, 3.05) is 14.1 Å². The Bertz CT molecular complexity index is 414. The third-order valence-electron chi connectivity index (χ3n) is 3.72. The Hall–Kier alpha value is -0.860. The van der Waals surface area contributed by atoms with Crippen LogP contribution in [-0.4, -0.2) is 25.0 Å². The van der Waals surface area contributed by atoms with Gasteiger partial charge in [-0.3, -0.25) is 0 Å². The zero-order valence-corrected chi connectivity index (χ0v) is 13.6. The second-order valence-electron chi connectivity index (χ2n) is 7.01. The van der Waals surface area contributed by atoms with Gasteiger partial charge < -0.3 is 10.6 Å². The molecule has 1 rings (SSSR count). The topological polar surface area (TPSA) is 29.3 Å². The van der Waals surface area contributed by atoms with Gasteiger partial charge in [-0.25, -0.2) is 0 Å². The maximum absolute atomic E-state index is 6.02. The molecule has 108 valence electrons. The predicted molar refractivity (Wildman–Crippen MR) is 84.6 cm³/mol. The Morgan fingerprint density at radius 1 is 1.21 bits per heavy atom. The van der Waals surface area contributed by atoms with Crippen LogP contribution in [0.2, 0.25) is 0 Å². The van der Waals surface area contributed by atoms with Crippen molar-refractivity contribution >= 4 is 0 Å².